The lowest BCUT2D eigenvalue weighted by atomic mass is 10.0. The first-order valence-corrected chi connectivity index (χ1v) is 31.2. The molecule has 6 heteroatoms. The molecule has 0 bridgehead atoms. The van der Waals surface area contributed by atoms with E-state index in [1.54, 1.807) is 0 Å². The van der Waals surface area contributed by atoms with Gasteiger partial charge in [-0.2, -0.15) is 0 Å². The largest absolute Gasteiger partial charge is 0.462 e. The lowest BCUT2D eigenvalue weighted by molar-refractivity contribution is -0.167. The third-order valence-electron chi connectivity index (χ3n) is 13.4. The van der Waals surface area contributed by atoms with Crippen LogP contribution in [0.1, 0.15) is 297 Å². The molecule has 1 unspecified atom stereocenters. The van der Waals surface area contributed by atoms with Gasteiger partial charge in [0.1, 0.15) is 13.2 Å². The maximum absolute atomic E-state index is 12.9. The van der Waals surface area contributed by atoms with E-state index in [2.05, 4.69) is 118 Å². The minimum Gasteiger partial charge on any atom is -0.462 e. The molecule has 0 aliphatic heterocycles. The van der Waals surface area contributed by atoms with Gasteiger partial charge in [0.25, 0.3) is 0 Å². The zero-order valence-corrected chi connectivity index (χ0v) is 48.6. The van der Waals surface area contributed by atoms with Crippen molar-refractivity contribution in [3.05, 3.63) is 97.2 Å². The van der Waals surface area contributed by atoms with E-state index in [0.29, 0.717) is 19.3 Å². The normalized spacial score (nSPS) is 12.7. The molecule has 0 aromatic rings. The third-order valence-corrected chi connectivity index (χ3v) is 13.4. The summed E-state index contributed by atoms with van der Waals surface area (Å²) < 4.78 is 16.8. The molecule has 0 fully saturated rings. The van der Waals surface area contributed by atoms with E-state index in [4.69, 9.17) is 14.2 Å². The summed E-state index contributed by atoms with van der Waals surface area (Å²) in [4.78, 5) is 38.2. The van der Waals surface area contributed by atoms with E-state index in [0.717, 1.165) is 109 Å². The molecule has 0 aromatic heterocycles. The minimum absolute atomic E-state index is 0.0879. The Kier molecular flexibility index (Phi) is 58.8. The van der Waals surface area contributed by atoms with Gasteiger partial charge < -0.3 is 14.2 Å². The van der Waals surface area contributed by atoms with Crippen molar-refractivity contribution in [2.24, 2.45) is 0 Å². The van der Waals surface area contributed by atoms with Crippen LogP contribution >= 0.6 is 0 Å². The van der Waals surface area contributed by atoms with Crippen LogP contribution < -0.4 is 0 Å². The molecule has 0 saturated carbocycles. The summed E-state index contributed by atoms with van der Waals surface area (Å²) in [5.41, 5.74) is 0. The number of carbonyl (C=O) groups is 3. The van der Waals surface area contributed by atoms with Crippen molar-refractivity contribution in [1.29, 1.82) is 0 Å². The van der Waals surface area contributed by atoms with Gasteiger partial charge in [0.05, 0.1) is 0 Å². The third kappa shape index (κ3) is 59.2. The maximum atomic E-state index is 12.9. The average Bonchev–Trinajstić information content (AvgIpc) is 3.40. The first-order chi connectivity index (χ1) is 36.5. The topological polar surface area (TPSA) is 78.9 Å². The Labute approximate surface area is 457 Å². The van der Waals surface area contributed by atoms with Crippen LogP contribution in [0.2, 0.25) is 0 Å². The number of unbranched alkanes of at least 4 members (excludes halogenated alkanes) is 29. The van der Waals surface area contributed by atoms with Crippen LogP contribution in [0.25, 0.3) is 0 Å². The fourth-order valence-electron chi connectivity index (χ4n) is 8.69. The highest BCUT2D eigenvalue weighted by molar-refractivity contribution is 5.71. The summed E-state index contributed by atoms with van der Waals surface area (Å²) in [6.07, 6.45) is 82.7. The number of ether oxygens (including phenoxy) is 3. The van der Waals surface area contributed by atoms with E-state index in [-0.39, 0.29) is 31.1 Å². The summed E-state index contributed by atoms with van der Waals surface area (Å²) in [5, 5.41) is 0. The first-order valence-electron chi connectivity index (χ1n) is 31.2. The van der Waals surface area contributed by atoms with E-state index in [1.165, 1.54) is 148 Å². The van der Waals surface area contributed by atoms with Crippen LogP contribution in [-0.4, -0.2) is 37.2 Å². The molecule has 74 heavy (non-hydrogen) atoms. The van der Waals surface area contributed by atoms with E-state index < -0.39 is 6.10 Å². The van der Waals surface area contributed by atoms with E-state index in [9.17, 15) is 14.4 Å². The van der Waals surface area contributed by atoms with Gasteiger partial charge in [-0.3, -0.25) is 14.4 Å². The van der Waals surface area contributed by atoms with Crippen LogP contribution in [0.4, 0.5) is 0 Å². The molecule has 6 nitrogen and oxygen atoms in total. The predicted molar refractivity (Wildman–Crippen MR) is 320 cm³/mol. The summed E-state index contributed by atoms with van der Waals surface area (Å²) in [6, 6.07) is 0. The van der Waals surface area contributed by atoms with Crippen LogP contribution in [0.3, 0.4) is 0 Å². The Balaban J connectivity index is 4.35. The fourth-order valence-corrected chi connectivity index (χ4v) is 8.69. The molecule has 0 aromatic carbocycles. The molecule has 0 heterocycles. The molecule has 0 saturated heterocycles. The van der Waals surface area contributed by atoms with Crippen LogP contribution in [0, 0.1) is 0 Å². The molecule has 0 amide bonds. The van der Waals surface area contributed by atoms with Crippen molar-refractivity contribution in [1.82, 2.24) is 0 Å². The highest BCUT2D eigenvalue weighted by Crippen LogP contribution is 2.16. The standard InChI is InChI=1S/C68H116O6/c1-4-7-10-13-16-19-22-24-26-28-30-31-32-33-34-35-36-37-39-40-42-44-46-49-52-55-58-61-67(70)73-64-65(63-72-66(69)60-57-54-51-48-21-18-15-12-9-6-3)74-68(71)62-59-56-53-50-47-45-43-41-38-29-27-25-23-20-17-14-11-8-5-2/h7,10,16,19,24,26,30-31,33-34,36-37,40,42,46,49,65H,4-6,8-9,11-15,17-18,20-23,25,27-29,32,35,38-39,41,43-45,47-48,50-64H2,1-3H3/b10-7-,19-16-,26-24-,31-30-,34-33-,37-36-,42-40-,49-46-. The fraction of sp³-hybridized carbons (Fsp3) is 0.721. The number of hydrogen-bond donors (Lipinski definition) is 0. The Morgan fingerprint density at radius 1 is 0.284 bits per heavy atom. The van der Waals surface area contributed by atoms with Gasteiger partial charge in [-0.15, -0.1) is 0 Å². The first kappa shape index (κ1) is 70.3. The second kappa shape index (κ2) is 61.9. The number of hydrogen-bond acceptors (Lipinski definition) is 6. The van der Waals surface area contributed by atoms with Crippen LogP contribution in [0.5, 0.6) is 0 Å². The molecule has 0 radical (unpaired) electrons. The SMILES string of the molecule is CC/C=C\C/C=C\C/C=C\C/C=C\C/C=C\C/C=C\C/C=C\C/C=C\CCCCC(=O)OCC(COC(=O)CCCCCCCCCCCC)OC(=O)CCCCCCCCCCCCCCCCCCCCC. The summed E-state index contributed by atoms with van der Waals surface area (Å²) >= 11 is 0. The maximum Gasteiger partial charge on any atom is 0.306 e. The molecule has 0 rings (SSSR count). The Bertz CT molecular complexity index is 1460. The minimum atomic E-state index is -0.793. The zero-order chi connectivity index (χ0) is 53.6. The Hall–Kier alpha value is -3.67. The van der Waals surface area contributed by atoms with Crippen molar-refractivity contribution in [2.45, 2.75) is 303 Å². The van der Waals surface area contributed by atoms with Crippen LogP contribution in [0.15, 0.2) is 97.2 Å². The van der Waals surface area contributed by atoms with Crippen molar-refractivity contribution < 1.29 is 28.6 Å². The second-order valence-electron chi connectivity index (χ2n) is 20.6. The second-order valence-corrected chi connectivity index (χ2v) is 20.6. The Morgan fingerprint density at radius 3 is 0.824 bits per heavy atom. The van der Waals surface area contributed by atoms with Crippen molar-refractivity contribution >= 4 is 17.9 Å². The smallest absolute Gasteiger partial charge is 0.306 e. The van der Waals surface area contributed by atoms with E-state index >= 15 is 0 Å². The molecule has 0 N–H and O–H groups in total. The molecule has 0 spiro atoms. The van der Waals surface area contributed by atoms with Crippen molar-refractivity contribution in [3.8, 4) is 0 Å². The lowest BCUT2D eigenvalue weighted by Crippen LogP contribution is -2.30. The lowest BCUT2D eigenvalue weighted by Gasteiger charge is -2.18. The summed E-state index contributed by atoms with van der Waals surface area (Å²) in [6.45, 7) is 6.50. The van der Waals surface area contributed by atoms with Gasteiger partial charge in [-0.1, -0.05) is 291 Å². The monoisotopic (exact) mass is 1030 g/mol. The average molecular weight is 1030 g/mol. The zero-order valence-electron chi connectivity index (χ0n) is 48.6. The summed E-state index contributed by atoms with van der Waals surface area (Å²) in [5.74, 6) is -0.925. The predicted octanol–water partition coefficient (Wildman–Crippen LogP) is 21.3. The van der Waals surface area contributed by atoms with E-state index in [1.807, 2.05) is 0 Å². The number of rotatable bonds is 56. The van der Waals surface area contributed by atoms with Crippen molar-refractivity contribution in [3.63, 3.8) is 0 Å². The molecule has 424 valence electrons. The van der Waals surface area contributed by atoms with Gasteiger partial charge in [0.2, 0.25) is 0 Å². The summed E-state index contributed by atoms with van der Waals surface area (Å²) in [7, 11) is 0. The molecule has 0 aliphatic carbocycles. The highest BCUT2D eigenvalue weighted by Gasteiger charge is 2.19. The van der Waals surface area contributed by atoms with Gasteiger partial charge in [0.15, 0.2) is 6.10 Å². The molecular weight excluding hydrogens is 913 g/mol. The van der Waals surface area contributed by atoms with Gasteiger partial charge >= 0.3 is 17.9 Å². The van der Waals surface area contributed by atoms with Crippen molar-refractivity contribution in [2.75, 3.05) is 13.2 Å². The van der Waals surface area contributed by atoms with Gasteiger partial charge in [0, 0.05) is 19.3 Å². The Morgan fingerprint density at radius 2 is 0.527 bits per heavy atom. The van der Waals surface area contributed by atoms with Gasteiger partial charge in [-0.05, 0) is 83.5 Å². The number of esters is 3. The number of carbonyl (C=O) groups excluding carboxylic acids is 3. The number of allylic oxidation sites excluding steroid dienone is 16. The highest BCUT2D eigenvalue weighted by atomic mass is 16.6. The quantitative estimate of drug-likeness (QED) is 0.0261. The molecule has 1 atom stereocenters. The molecule has 0 aliphatic rings. The molecular formula is C68H116O6. The van der Waals surface area contributed by atoms with Gasteiger partial charge in [-0.25, -0.2) is 0 Å². The van der Waals surface area contributed by atoms with Crippen LogP contribution in [-0.2, 0) is 28.6 Å².